The average molecular weight is 426 g/mol. The van der Waals surface area contributed by atoms with Crippen molar-refractivity contribution in [3.8, 4) is 5.75 Å². The van der Waals surface area contributed by atoms with Gasteiger partial charge in [0.05, 0.1) is 12.8 Å². The van der Waals surface area contributed by atoms with E-state index in [1.54, 1.807) is 30.5 Å². The second-order valence-electron chi connectivity index (χ2n) is 4.32. The Bertz CT molecular complexity index is 685. The van der Waals surface area contributed by atoms with Crippen molar-refractivity contribution in [2.45, 2.75) is 6.92 Å². The molecule has 114 valence electrons. The number of benzene rings is 2. The molecule has 6 heteroatoms. The lowest BCUT2D eigenvalue weighted by molar-refractivity contribution is 0.0955. The van der Waals surface area contributed by atoms with Crippen LogP contribution in [-0.2, 0) is 0 Å². The van der Waals surface area contributed by atoms with Crippen molar-refractivity contribution in [1.29, 1.82) is 0 Å². The number of nitrogens with one attached hydrogen (secondary N) is 1. The van der Waals surface area contributed by atoms with Gasteiger partial charge < -0.3 is 4.74 Å². The Hall–Kier alpha value is -1.66. The molecule has 0 unspecified atom stereocenters. The van der Waals surface area contributed by atoms with Crippen molar-refractivity contribution in [2.24, 2.45) is 5.10 Å². The van der Waals surface area contributed by atoms with Crippen LogP contribution in [0, 0.1) is 0 Å². The Morgan fingerprint density at radius 2 is 1.86 bits per heavy atom. The quantitative estimate of drug-likeness (QED) is 0.571. The van der Waals surface area contributed by atoms with Gasteiger partial charge in [0.1, 0.15) is 5.75 Å². The minimum Gasteiger partial charge on any atom is -0.493 e. The van der Waals surface area contributed by atoms with Gasteiger partial charge in [-0.15, -0.1) is 0 Å². The second-order valence-corrected chi connectivity index (χ2v) is 6.15. The molecule has 0 spiro atoms. The summed E-state index contributed by atoms with van der Waals surface area (Å²) in [5.41, 5.74) is 3.83. The van der Waals surface area contributed by atoms with Crippen LogP contribution in [0.3, 0.4) is 0 Å². The maximum Gasteiger partial charge on any atom is 0.271 e. The van der Waals surface area contributed by atoms with E-state index in [2.05, 4.69) is 42.4 Å². The first kappa shape index (κ1) is 16.7. The first-order chi connectivity index (χ1) is 10.6. The summed E-state index contributed by atoms with van der Waals surface area (Å²) in [6.07, 6.45) is 1.56. The number of rotatable bonds is 5. The monoisotopic (exact) mass is 424 g/mol. The molecule has 1 N–H and O–H groups in total. The molecule has 0 aliphatic heterocycles. The van der Waals surface area contributed by atoms with Crippen LogP contribution in [0.2, 0.25) is 0 Å². The summed E-state index contributed by atoms with van der Waals surface area (Å²) in [7, 11) is 0. The lowest BCUT2D eigenvalue weighted by Crippen LogP contribution is -2.17. The first-order valence-corrected chi connectivity index (χ1v) is 8.20. The third-order valence-electron chi connectivity index (χ3n) is 2.75. The van der Waals surface area contributed by atoms with Crippen LogP contribution >= 0.6 is 31.9 Å². The molecule has 22 heavy (non-hydrogen) atoms. The first-order valence-electron chi connectivity index (χ1n) is 6.61. The standard InChI is InChI=1S/C16H14Br2N2O2/c1-2-22-15-8-7-14(18)9-12(15)10-19-20-16(21)11-3-5-13(17)6-4-11/h3-10H,2H2,1H3,(H,20,21)/b19-10-. The van der Waals surface area contributed by atoms with Crippen molar-refractivity contribution in [2.75, 3.05) is 6.61 Å². The van der Waals surface area contributed by atoms with E-state index < -0.39 is 0 Å². The van der Waals surface area contributed by atoms with Crippen molar-refractivity contribution in [3.63, 3.8) is 0 Å². The van der Waals surface area contributed by atoms with Crippen LogP contribution in [0.1, 0.15) is 22.8 Å². The van der Waals surface area contributed by atoms with E-state index in [4.69, 9.17) is 4.74 Å². The van der Waals surface area contributed by atoms with Gasteiger partial charge in [-0.3, -0.25) is 4.79 Å². The topological polar surface area (TPSA) is 50.7 Å². The van der Waals surface area contributed by atoms with E-state index in [1.165, 1.54) is 0 Å². The predicted molar refractivity (Wildman–Crippen MR) is 94.5 cm³/mol. The minimum atomic E-state index is -0.267. The van der Waals surface area contributed by atoms with Gasteiger partial charge in [-0.05, 0) is 49.4 Å². The van der Waals surface area contributed by atoms with Gasteiger partial charge in [-0.1, -0.05) is 31.9 Å². The van der Waals surface area contributed by atoms with Crippen LogP contribution in [0.15, 0.2) is 56.5 Å². The van der Waals surface area contributed by atoms with Gasteiger partial charge in [-0.2, -0.15) is 5.10 Å². The predicted octanol–water partition coefficient (Wildman–Crippen LogP) is 4.37. The molecule has 0 atom stereocenters. The highest BCUT2D eigenvalue weighted by Crippen LogP contribution is 2.21. The maximum absolute atomic E-state index is 11.9. The molecule has 0 fully saturated rings. The van der Waals surface area contributed by atoms with Crippen molar-refractivity contribution in [3.05, 3.63) is 62.5 Å². The molecule has 1 amide bonds. The zero-order valence-electron chi connectivity index (χ0n) is 11.8. The Kier molecular flexibility index (Phi) is 6.15. The Labute approximate surface area is 145 Å². The van der Waals surface area contributed by atoms with E-state index in [0.717, 1.165) is 14.5 Å². The summed E-state index contributed by atoms with van der Waals surface area (Å²) in [6, 6.07) is 12.7. The van der Waals surface area contributed by atoms with Crippen LogP contribution < -0.4 is 10.2 Å². The summed E-state index contributed by atoms with van der Waals surface area (Å²) in [4.78, 5) is 11.9. The summed E-state index contributed by atoms with van der Waals surface area (Å²) in [6.45, 7) is 2.48. The molecule has 0 aromatic heterocycles. The number of ether oxygens (including phenoxy) is 1. The Morgan fingerprint density at radius 3 is 2.55 bits per heavy atom. The fourth-order valence-corrected chi connectivity index (χ4v) is 2.38. The fraction of sp³-hybridized carbons (Fsp3) is 0.125. The third kappa shape index (κ3) is 4.68. The molecule has 0 heterocycles. The van der Waals surface area contributed by atoms with Crippen molar-refractivity contribution >= 4 is 44.0 Å². The van der Waals surface area contributed by atoms with E-state index >= 15 is 0 Å². The molecule has 4 nitrogen and oxygen atoms in total. The fourth-order valence-electron chi connectivity index (χ4n) is 1.73. The molecule has 0 saturated heterocycles. The van der Waals surface area contributed by atoms with Crippen molar-refractivity contribution < 1.29 is 9.53 Å². The van der Waals surface area contributed by atoms with Crippen LogP contribution in [-0.4, -0.2) is 18.7 Å². The highest BCUT2D eigenvalue weighted by Gasteiger charge is 2.04. The number of hydrazone groups is 1. The SMILES string of the molecule is CCOc1ccc(Br)cc1/C=N\NC(=O)c1ccc(Br)cc1. The summed E-state index contributed by atoms with van der Waals surface area (Å²) < 4.78 is 7.35. The van der Waals surface area contributed by atoms with E-state index in [9.17, 15) is 4.79 Å². The van der Waals surface area contributed by atoms with Gasteiger partial charge in [0.25, 0.3) is 5.91 Å². The number of halogens is 2. The molecule has 0 saturated carbocycles. The number of amides is 1. The summed E-state index contributed by atoms with van der Waals surface area (Å²) >= 11 is 6.73. The number of hydrogen-bond donors (Lipinski definition) is 1. The minimum absolute atomic E-state index is 0.267. The maximum atomic E-state index is 11.9. The number of hydrogen-bond acceptors (Lipinski definition) is 3. The van der Waals surface area contributed by atoms with E-state index in [0.29, 0.717) is 17.9 Å². The highest BCUT2D eigenvalue weighted by atomic mass is 79.9. The normalized spacial score (nSPS) is 10.7. The van der Waals surface area contributed by atoms with E-state index in [-0.39, 0.29) is 5.91 Å². The number of nitrogens with zero attached hydrogens (tertiary/aromatic N) is 1. The van der Waals surface area contributed by atoms with Gasteiger partial charge in [-0.25, -0.2) is 5.43 Å². The van der Waals surface area contributed by atoms with Crippen LogP contribution in [0.25, 0.3) is 0 Å². The average Bonchev–Trinajstić information content (AvgIpc) is 2.50. The molecular formula is C16H14Br2N2O2. The molecule has 0 bridgehead atoms. The van der Waals surface area contributed by atoms with Gasteiger partial charge in [0, 0.05) is 20.1 Å². The van der Waals surface area contributed by atoms with Gasteiger partial charge in [0.2, 0.25) is 0 Å². The smallest absolute Gasteiger partial charge is 0.271 e. The zero-order valence-corrected chi connectivity index (χ0v) is 15.0. The van der Waals surface area contributed by atoms with Gasteiger partial charge in [0.15, 0.2) is 0 Å². The summed E-state index contributed by atoms with van der Waals surface area (Å²) in [5.74, 6) is 0.448. The molecule has 2 aromatic rings. The second kappa shape index (κ2) is 8.10. The van der Waals surface area contributed by atoms with Crippen LogP contribution in [0.5, 0.6) is 5.75 Å². The largest absolute Gasteiger partial charge is 0.493 e. The lowest BCUT2D eigenvalue weighted by Gasteiger charge is -2.07. The Morgan fingerprint density at radius 1 is 1.18 bits per heavy atom. The molecular weight excluding hydrogens is 412 g/mol. The molecule has 2 rings (SSSR count). The van der Waals surface area contributed by atoms with Crippen molar-refractivity contribution in [1.82, 2.24) is 5.43 Å². The molecule has 0 aliphatic carbocycles. The molecule has 0 aliphatic rings. The van der Waals surface area contributed by atoms with Gasteiger partial charge >= 0.3 is 0 Å². The number of carbonyl (C=O) groups is 1. The molecule has 0 radical (unpaired) electrons. The molecule has 2 aromatic carbocycles. The lowest BCUT2D eigenvalue weighted by atomic mass is 10.2. The zero-order chi connectivity index (χ0) is 15.9. The highest BCUT2D eigenvalue weighted by molar-refractivity contribution is 9.10. The third-order valence-corrected chi connectivity index (χ3v) is 3.77. The van der Waals surface area contributed by atoms with Crippen LogP contribution in [0.4, 0.5) is 0 Å². The number of carbonyl (C=O) groups excluding carboxylic acids is 1. The van der Waals surface area contributed by atoms with E-state index in [1.807, 2.05) is 25.1 Å². The summed E-state index contributed by atoms with van der Waals surface area (Å²) in [5, 5.41) is 3.99. The Balaban J connectivity index is 2.07.